The Morgan fingerprint density at radius 2 is 2.24 bits per heavy atom. The summed E-state index contributed by atoms with van der Waals surface area (Å²) in [5.74, 6) is 0.764. The summed E-state index contributed by atoms with van der Waals surface area (Å²) in [6, 6.07) is 0.321. The number of hydrogen-bond donors (Lipinski definition) is 1. The summed E-state index contributed by atoms with van der Waals surface area (Å²) in [4.78, 5) is 20.2. The van der Waals surface area contributed by atoms with E-state index in [0.717, 1.165) is 12.8 Å². The van der Waals surface area contributed by atoms with Gasteiger partial charge in [-0.2, -0.15) is 4.68 Å². The summed E-state index contributed by atoms with van der Waals surface area (Å²) in [5, 5.41) is 4.09. The van der Waals surface area contributed by atoms with Crippen LogP contribution in [0.5, 0.6) is 0 Å². The third kappa shape index (κ3) is 1.74. The number of nitrogens with zero attached hydrogens (tertiary/aromatic N) is 5. The minimum absolute atomic E-state index is 0.136. The lowest BCUT2D eigenvalue weighted by atomic mass is 10.5. The molecule has 2 aromatic heterocycles. The van der Waals surface area contributed by atoms with Gasteiger partial charge in [0.15, 0.2) is 5.82 Å². The first kappa shape index (κ1) is 10.2. The van der Waals surface area contributed by atoms with Crippen LogP contribution in [0.2, 0.25) is 0 Å². The molecule has 7 nitrogen and oxygen atoms in total. The molecule has 0 bridgehead atoms. The molecule has 3 rings (SSSR count). The minimum atomic E-state index is -0.136. The van der Waals surface area contributed by atoms with Crippen molar-refractivity contribution >= 4 is 0 Å². The largest absolute Gasteiger partial charge is 0.324 e. The van der Waals surface area contributed by atoms with Gasteiger partial charge >= 0.3 is 0 Å². The predicted molar refractivity (Wildman–Crippen MR) is 59.6 cm³/mol. The van der Waals surface area contributed by atoms with E-state index in [1.807, 2.05) is 0 Å². The van der Waals surface area contributed by atoms with Crippen LogP contribution in [0.1, 0.15) is 24.7 Å². The molecule has 0 unspecified atom stereocenters. The monoisotopic (exact) mass is 232 g/mol. The zero-order chi connectivity index (χ0) is 11.8. The van der Waals surface area contributed by atoms with Crippen molar-refractivity contribution in [3.8, 4) is 5.82 Å². The second kappa shape index (κ2) is 3.77. The molecule has 1 saturated carbocycles. The molecule has 1 aliphatic carbocycles. The van der Waals surface area contributed by atoms with Gasteiger partial charge in [0, 0.05) is 18.4 Å². The highest BCUT2D eigenvalue weighted by molar-refractivity contribution is 5.16. The smallest absolute Gasteiger partial charge is 0.296 e. The van der Waals surface area contributed by atoms with Crippen molar-refractivity contribution in [1.29, 1.82) is 0 Å². The molecule has 0 spiro atoms. The first-order valence-corrected chi connectivity index (χ1v) is 5.47. The third-order valence-electron chi connectivity index (χ3n) is 2.73. The molecular formula is C10H12N6O. The fraction of sp³-hybridized carbons (Fsp3) is 0.400. The summed E-state index contributed by atoms with van der Waals surface area (Å²) >= 11 is 0. The highest BCUT2D eigenvalue weighted by atomic mass is 16.1. The lowest BCUT2D eigenvalue weighted by Gasteiger charge is -2.04. The van der Waals surface area contributed by atoms with Crippen molar-refractivity contribution in [2.24, 2.45) is 5.73 Å². The highest BCUT2D eigenvalue weighted by Gasteiger charge is 2.25. The molecule has 17 heavy (non-hydrogen) atoms. The second-order valence-electron chi connectivity index (χ2n) is 4.00. The molecule has 0 aromatic carbocycles. The Labute approximate surface area is 96.9 Å². The Kier molecular flexibility index (Phi) is 2.25. The Bertz CT molecular complexity index is 597. The lowest BCUT2D eigenvalue weighted by Crippen LogP contribution is -2.25. The van der Waals surface area contributed by atoms with Gasteiger partial charge in [-0.05, 0) is 12.8 Å². The SMILES string of the molecule is NCc1ncn(-c2nccn(C3CC3)c2=O)n1. The standard InChI is InChI=1S/C10H12N6O/c11-5-8-13-6-16(14-8)9-10(17)15(4-3-12-9)7-1-2-7/h3-4,6-7H,1-2,5,11H2. The van der Waals surface area contributed by atoms with Crippen molar-refractivity contribution in [1.82, 2.24) is 24.3 Å². The Balaban J connectivity index is 2.08. The molecule has 88 valence electrons. The first-order valence-electron chi connectivity index (χ1n) is 5.47. The van der Waals surface area contributed by atoms with Crippen LogP contribution in [-0.2, 0) is 6.54 Å². The summed E-state index contributed by atoms with van der Waals surface area (Å²) in [6.07, 6.45) is 6.88. The maximum atomic E-state index is 12.1. The molecule has 2 heterocycles. The predicted octanol–water partition coefficient (Wildman–Crippen LogP) is -0.382. The van der Waals surface area contributed by atoms with Gasteiger partial charge in [0.05, 0.1) is 6.54 Å². The van der Waals surface area contributed by atoms with E-state index in [0.29, 0.717) is 11.9 Å². The molecule has 7 heteroatoms. The van der Waals surface area contributed by atoms with Crippen molar-refractivity contribution in [3.63, 3.8) is 0 Å². The Morgan fingerprint density at radius 1 is 1.41 bits per heavy atom. The van der Waals surface area contributed by atoms with Gasteiger partial charge in [-0.25, -0.2) is 9.97 Å². The minimum Gasteiger partial charge on any atom is -0.324 e. The average molecular weight is 232 g/mol. The zero-order valence-corrected chi connectivity index (χ0v) is 9.15. The van der Waals surface area contributed by atoms with Crippen molar-refractivity contribution in [2.75, 3.05) is 0 Å². The lowest BCUT2D eigenvalue weighted by molar-refractivity contribution is 0.675. The molecular weight excluding hydrogens is 220 g/mol. The molecule has 2 N–H and O–H groups in total. The maximum Gasteiger partial charge on any atom is 0.296 e. The van der Waals surface area contributed by atoms with Crippen LogP contribution in [0.25, 0.3) is 5.82 Å². The molecule has 1 fully saturated rings. The van der Waals surface area contributed by atoms with Crippen molar-refractivity contribution < 1.29 is 0 Å². The van der Waals surface area contributed by atoms with Crippen LogP contribution in [0.4, 0.5) is 0 Å². The zero-order valence-electron chi connectivity index (χ0n) is 9.15. The fourth-order valence-electron chi connectivity index (χ4n) is 1.70. The van der Waals surface area contributed by atoms with Crippen LogP contribution in [0, 0.1) is 0 Å². The van der Waals surface area contributed by atoms with E-state index >= 15 is 0 Å². The van der Waals surface area contributed by atoms with Gasteiger partial charge in [-0.15, -0.1) is 5.10 Å². The van der Waals surface area contributed by atoms with Crippen molar-refractivity contribution in [3.05, 3.63) is 34.9 Å². The van der Waals surface area contributed by atoms with Gasteiger partial charge in [0.1, 0.15) is 6.33 Å². The van der Waals surface area contributed by atoms with Gasteiger partial charge in [-0.3, -0.25) is 4.79 Å². The van der Waals surface area contributed by atoms with E-state index in [9.17, 15) is 4.79 Å². The second-order valence-corrected chi connectivity index (χ2v) is 4.00. The topological polar surface area (TPSA) is 91.6 Å². The summed E-state index contributed by atoms with van der Waals surface area (Å²) < 4.78 is 3.08. The number of nitrogens with two attached hydrogens (primary N) is 1. The number of hydrogen-bond acceptors (Lipinski definition) is 5. The summed E-state index contributed by atoms with van der Waals surface area (Å²) in [6.45, 7) is 0.247. The highest BCUT2D eigenvalue weighted by Crippen LogP contribution is 2.33. The molecule has 0 radical (unpaired) electrons. The van der Waals surface area contributed by atoms with Gasteiger partial charge in [0.25, 0.3) is 5.56 Å². The molecule has 0 saturated heterocycles. The average Bonchev–Trinajstić information content (AvgIpc) is 3.07. The van der Waals surface area contributed by atoms with E-state index in [-0.39, 0.29) is 17.9 Å². The van der Waals surface area contributed by atoms with E-state index in [1.165, 1.54) is 11.0 Å². The van der Waals surface area contributed by atoms with Gasteiger partial charge < -0.3 is 10.3 Å². The molecule has 0 atom stereocenters. The molecule has 2 aromatic rings. The molecule has 0 amide bonds. The van der Waals surface area contributed by atoms with E-state index in [4.69, 9.17) is 5.73 Å². The van der Waals surface area contributed by atoms with Crippen LogP contribution < -0.4 is 11.3 Å². The van der Waals surface area contributed by atoms with E-state index < -0.39 is 0 Å². The van der Waals surface area contributed by atoms with Gasteiger partial charge in [0.2, 0.25) is 5.82 Å². The Morgan fingerprint density at radius 3 is 2.88 bits per heavy atom. The van der Waals surface area contributed by atoms with Crippen LogP contribution in [-0.4, -0.2) is 24.3 Å². The fourth-order valence-corrected chi connectivity index (χ4v) is 1.70. The molecule has 0 aliphatic heterocycles. The van der Waals surface area contributed by atoms with Crippen LogP contribution in [0.15, 0.2) is 23.5 Å². The van der Waals surface area contributed by atoms with Crippen molar-refractivity contribution in [2.45, 2.75) is 25.4 Å². The van der Waals surface area contributed by atoms with E-state index in [1.54, 1.807) is 17.0 Å². The number of aromatic nitrogens is 5. The normalized spacial score (nSPS) is 15.1. The van der Waals surface area contributed by atoms with E-state index in [2.05, 4.69) is 15.1 Å². The van der Waals surface area contributed by atoms with Gasteiger partial charge in [-0.1, -0.05) is 0 Å². The quantitative estimate of drug-likeness (QED) is 0.778. The van der Waals surface area contributed by atoms with Crippen LogP contribution >= 0.6 is 0 Å². The maximum absolute atomic E-state index is 12.1. The first-order chi connectivity index (χ1) is 8.29. The summed E-state index contributed by atoms with van der Waals surface area (Å²) in [7, 11) is 0. The summed E-state index contributed by atoms with van der Waals surface area (Å²) in [5.41, 5.74) is 5.29. The third-order valence-corrected chi connectivity index (χ3v) is 2.73. The number of rotatable bonds is 3. The molecule has 1 aliphatic rings. The Hall–Kier alpha value is -2.02. The van der Waals surface area contributed by atoms with Crippen LogP contribution in [0.3, 0.4) is 0 Å².